The fraction of sp³-hybridized carbons (Fsp3) is 0.118. The molecule has 1 N–H and O–H groups in total. The van der Waals surface area contributed by atoms with Crippen molar-refractivity contribution in [3.63, 3.8) is 0 Å². The highest BCUT2D eigenvalue weighted by atomic mass is 35.5. The topological polar surface area (TPSA) is 59.8 Å². The second-order valence-electron chi connectivity index (χ2n) is 5.03. The molecule has 0 saturated carbocycles. The Morgan fingerprint density at radius 1 is 1.13 bits per heavy atom. The van der Waals surface area contributed by atoms with Gasteiger partial charge in [-0.25, -0.2) is 9.67 Å². The standard InChI is InChI=1S/C17H15ClN4O/c18-14-8-5-13(6-9-14)7-10-17(23)21-15-3-1-2-4-16(15)22-12-19-11-20-22/h1-6,8-9,11-12H,7,10H2,(H,21,23). The number of hydrogen-bond donors (Lipinski definition) is 1. The predicted octanol–water partition coefficient (Wildman–Crippen LogP) is 3.49. The fourth-order valence-electron chi connectivity index (χ4n) is 2.23. The molecule has 2 aromatic carbocycles. The van der Waals surface area contributed by atoms with Crippen molar-refractivity contribution in [2.75, 3.05) is 5.32 Å². The highest BCUT2D eigenvalue weighted by Crippen LogP contribution is 2.19. The van der Waals surface area contributed by atoms with Crippen molar-refractivity contribution < 1.29 is 4.79 Å². The lowest BCUT2D eigenvalue weighted by Gasteiger charge is -2.10. The van der Waals surface area contributed by atoms with E-state index >= 15 is 0 Å². The molecule has 0 aliphatic rings. The normalized spacial score (nSPS) is 10.5. The van der Waals surface area contributed by atoms with E-state index in [1.54, 1.807) is 11.0 Å². The molecule has 3 rings (SSSR count). The van der Waals surface area contributed by atoms with Crippen molar-refractivity contribution in [3.8, 4) is 5.69 Å². The van der Waals surface area contributed by atoms with Crippen LogP contribution in [0.15, 0.2) is 61.2 Å². The van der Waals surface area contributed by atoms with Crippen LogP contribution in [-0.4, -0.2) is 20.7 Å². The number of carbonyl (C=O) groups is 1. The second-order valence-corrected chi connectivity index (χ2v) is 5.47. The van der Waals surface area contributed by atoms with Crippen molar-refractivity contribution in [2.45, 2.75) is 12.8 Å². The van der Waals surface area contributed by atoms with Crippen LogP contribution in [0.5, 0.6) is 0 Å². The summed E-state index contributed by atoms with van der Waals surface area (Å²) in [6, 6.07) is 15.0. The number of aromatic nitrogens is 3. The molecular weight excluding hydrogens is 312 g/mol. The van der Waals surface area contributed by atoms with Gasteiger partial charge in [-0.3, -0.25) is 4.79 Å². The lowest BCUT2D eigenvalue weighted by Crippen LogP contribution is -2.14. The Hall–Kier alpha value is -2.66. The van der Waals surface area contributed by atoms with Gasteiger partial charge in [0.2, 0.25) is 5.91 Å². The SMILES string of the molecule is O=C(CCc1ccc(Cl)cc1)Nc1ccccc1-n1cncn1. The van der Waals surface area contributed by atoms with Gasteiger partial charge < -0.3 is 5.32 Å². The quantitative estimate of drug-likeness (QED) is 0.780. The van der Waals surface area contributed by atoms with Gasteiger partial charge in [-0.15, -0.1) is 0 Å². The van der Waals surface area contributed by atoms with Gasteiger partial charge in [-0.1, -0.05) is 35.9 Å². The molecule has 1 amide bonds. The number of carbonyl (C=O) groups excluding carboxylic acids is 1. The molecule has 6 heteroatoms. The number of amides is 1. The average Bonchev–Trinajstić information content (AvgIpc) is 3.09. The molecule has 0 bridgehead atoms. The third-order valence-corrected chi connectivity index (χ3v) is 3.65. The molecule has 0 unspecified atom stereocenters. The van der Waals surface area contributed by atoms with Gasteiger partial charge in [0.15, 0.2) is 0 Å². The smallest absolute Gasteiger partial charge is 0.224 e. The highest BCUT2D eigenvalue weighted by molar-refractivity contribution is 6.30. The zero-order valence-electron chi connectivity index (χ0n) is 12.3. The number of nitrogens with one attached hydrogen (secondary N) is 1. The van der Waals surface area contributed by atoms with Gasteiger partial charge in [-0.05, 0) is 36.2 Å². The van der Waals surface area contributed by atoms with Crippen LogP contribution in [0, 0.1) is 0 Å². The van der Waals surface area contributed by atoms with Crippen LogP contribution in [-0.2, 0) is 11.2 Å². The van der Waals surface area contributed by atoms with Gasteiger partial charge >= 0.3 is 0 Å². The Balaban J connectivity index is 1.65. The lowest BCUT2D eigenvalue weighted by molar-refractivity contribution is -0.116. The molecule has 5 nitrogen and oxygen atoms in total. The molecule has 0 aliphatic heterocycles. The minimum Gasteiger partial charge on any atom is -0.324 e. The number of rotatable bonds is 5. The van der Waals surface area contributed by atoms with E-state index in [4.69, 9.17) is 11.6 Å². The van der Waals surface area contributed by atoms with Crippen molar-refractivity contribution in [1.29, 1.82) is 0 Å². The van der Waals surface area contributed by atoms with Crippen LogP contribution in [0.1, 0.15) is 12.0 Å². The zero-order chi connectivity index (χ0) is 16.1. The third kappa shape index (κ3) is 3.96. The Morgan fingerprint density at radius 3 is 2.65 bits per heavy atom. The minimum atomic E-state index is -0.0486. The van der Waals surface area contributed by atoms with E-state index in [1.807, 2.05) is 48.5 Å². The highest BCUT2D eigenvalue weighted by Gasteiger charge is 2.08. The first-order valence-corrected chi connectivity index (χ1v) is 7.58. The lowest BCUT2D eigenvalue weighted by atomic mass is 10.1. The number of para-hydroxylation sites is 2. The molecule has 23 heavy (non-hydrogen) atoms. The summed E-state index contributed by atoms with van der Waals surface area (Å²) in [5.41, 5.74) is 2.57. The molecule has 3 aromatic rings. The van der Waals surface area contributed by atoms with E-state index in [1.165, 1.54) is 6.33 Å². The Bertz CT molecular complexity index is 785. The number of anilines is 1. The maximum absolute atomic E-state index is 12.2. The van der Waals surface area contributed by atoms with Crippen LogP contribution < -0.4 is 5.32 Å². The van der Waals surface area contributed by atoms with E-state index in [2.05, 4.69) is 15.4 Å². The van der Waals surface area contributed by atoms with Crippen molar-refractivity contribution in [3.05, 3.63) is 71.8 Å². The Labute approximate surface area is 138 Å². The van der Waals surface area contributed by atoms with Gasteiger partial charge in [0, 0.05) is 11.4 Å². The molecule has 0 fully saturated rings. The Kier molecular flexibility index (Phi) is 4.68. The summed E-state index contributed by atoms with van der Waals surface area (Å²) >= 11 is 5.86. The monoisotopic (exact) mass is 326 g/mol. The first kappa shape index (κ1) is 15.2. The summed E-state index contributed by atoms with van der Waals surface area (Å²) in [6.45, 7) is 0. The number of halogens is 1. The van der Waals surface area contributed by atoms with Gasteiger partial charge in [0.25, 0.3) is 0 Å². The first-order chi connectivity index (χ1) is 11.2. The summed E-state index contributed by atoms with van der Waals surface area (Å²) in [6.07, 6.45) is 4.11. The third-order valence-electron chi connectivity index (χ3n) is 3.40. The molecule has 1 heterocycles. The van der Waals surface area contributed by atoms with Crippen LogP contribution >= 0.6 is 11.6 Å². The molecule has 1 aromatic heterocycles. The van der Waals surface area contributed by atoms with E-state index in [9.17, 15) is 4.79 Å². The van der Waals surface area contributed by atoms with E-state index in [0.717, 1.165) is 11.3 Å². The van der Waals surface area contributed by atoms with Gasteiger partial charge in [-0.2, -0.15) is 5.10 Å². The Morgan fingerprint density at radius 2 is 1.91 bits per heavy atom. The number of benzene rings is 2. The predicted molar refractivity (Wildman–Crippen MR) is 89.8 cm³/mol. The summed E-state index contributed by atoms with van der Waals surface area (Å²) < 4.78 is 1.62. The number of nitrogens with zero attached hydrogens (tertiary/aromatic N) is 3. The summed E-state index contributed by atoms with van der Waals surface area (Å²) in [4.78, 5) is 16.1. The molecule has 0 saturated heterocycles. The van der Waals surface area contributed by atoms with Gasteiger partial charge in [0.05, 0.1) is 11.4 Å². The number of aryl methyl sites for hydroxylation is 1. The molecule has 0 atom stereocenters. The van der Waals surface area contributed by atoms with Crippen LogP contribution in [0.25, 0.3) is 5.69 Å². The van der Waals surface area contributed by atoms with E-state index < -0.39 is 0 Å². The van der Waals surface area contributed by atoms with Crippen LogP contribution in [0.2, 0.25) is 5.02 Å². The average molecular weight is 327 g/mol. The van der Waals surface area contributed by atoms with Crippen LogP contribution in [0.4, 0.5) is 5.69 Å². The van der Waals surface area contributed by atoms with Crippen molar-refractivity contribution in [2.24, 2.45) is 0 Å². The molecule has 0 spiro atoms. The number of hydrogen-bond acceptors (Lipinski definition) is 3. The largest absolute Gasteiger partial charge is 0.324 e. The molecule has 0 aliphatic carbocycles. The fourth-order valence-corrected chi connectivity index (χ4v) is 2.36. The zero-order valence-corrected chi connectivity index (χ0v) is 13.1. The molecule has 0 radical (unpaired) electrons. The summed E-state index contributed by atoms with van der Waals surface area (Å²) in [5, 5.41) is 7.72. The maximum Gasteiger partial charge on any atom is 0.224 e. The summed E-state index contributed by atoms with van der Waals surface area (Å²) in [7, 11) is 0. The minimum absolute atomic E-state index is 0.0486. The van der Waals surface area contributed by atoms with E-state index in [0.29, 0.717) is 23.6 Å². The van der Waals surface area contributed by atoms with Gasteiger partial charge in [0.1, 0.15) is 12.7 Å². The maximum atomic E-state index is 12.2. The van der Waals surface area contributed by atoms with Crippen molar-refractivity contribution >= 4 is 23.2 Å². The molecule has 116 valence electrons. The van der Waals surface area contributed by atoms with Crippen molar-refractivity contribution in [1.82, 2.24) is 14.8 Å². The summed E-state index contributed by atoms with van der Waals surface area (Å²) in [5.74, 6) is -0.0486. The van der Waals surface area contributed by atoms with Crippen LogP contribution in [0.3, 0.4) is 0 Å². The second kappa shape index (κ2) is 7.07. The van der Waals surface area contributed by atoms with E-state index in [-0.39, 0.29) is 5.91 Å². The molecular formula is C17H15ClN4O. The first-order valence-electron chi connectivity index (χ1n) is 7.21.